The number of rotatable bonds is 5. The first-order chi connectivity index (χ1) is 15.1. The lowest BCUT2D eigenvalue weighted by molar-refractivity contribution is 0.0929. The van der Waals surface area contributed by atoms with Crippen LogP contribution in [0.3, 0.4) is 0 Å². The highest BCUT2D eigenvalue weighted by Gasteiger charge is 2.47. The Kier molecular flexibility index (Phi) is 6.21. The van der Waals surface area contributed by atoms with Gasteiger partial charge in [-0.1, -0.05) is 19.1 Å². The summed E-state index contributed by atoms with van der Waals surface area (Å²) in [6.45, 7) is 6.26. The van der Waals surface area contributed by atoms with Gasteiger partial charge in [0.05, 0.1) is 12.6 Å². The van der Waals surface area contributed by atoms with Gasteiger partial charge in [0.1, 0.15) is 5.75 Å². The molecule has 0 aromatic heterocycles. The summed E-state index contributed by atoms with van der Waals surface area (Å²) < 4.78 is 5.31. The first-order valence-corrected chi connectivity index (χ1v) is 11.3. The molecular formula is C26H33N3O2. The Balaban J connectivity index is 0.000000520. The molecule has 31 heavy (non-hydrogen) atoms. The molecule has 5 rings (SSSR count). The Labute approximate surface area is 185 Å². The van der Waals surface area contributed by atoms with Crippen LogP contribution in [0.1, 0.15) is 58.8 Å². The van der Waals surface area contributed by atoms with Gasteiger partial charge < -0.3 is 20.7 Å². The number of anilines is 1. The molecule has 2 aromatic rings. The molecule has 1 saturated carbocycles. The zero-order chi connectivity index (χ0) is 21.8. The molecule has 0 unspecified atom stereocenters. The average molecular weight is 420 g/mol. The minimum Gasteiger partial charge on any atom is -0.497 e. The van der Waals surface area contributed by atoms with Crippen LogP contribution in [0, 0.1) is 6.92 Å². The van der Waals surface area contributed by atoms with Crippen molar-refractivity contribution in [2.75, 3.05) is 25.5 Å². The topological polar surface area (TPSA) is 62.4 Å². The van der Waals surface area contributed by atoms with E-state index in [1.54, 1.807) is 7.11 Å². The summed E-state index contributed by atoms with van der Waals surface area (Å²) in [7, 11) is 1.63. The van der Waals surface area contributed by atoms with Crippen molar-refractivity contribution in [2.45, 2.75) is 51.5 Å². The van der Waals surface area contributed by atoms with E-state index in [0.29, 0.717) is 11.3 Å². The van der Waals surface area contributed by atoms with Gasteiger partial charge in [0, 0.05) is 24.3 Å². The number of ether oxygens (including phenoxy) is 1. The fraction of sp³-hybridized carbons (Fsp3) is 0.423. The van der Waals surface area contributed by atoms with Crippen LogP contribution < -0.4 is 20.7 Å². The minimum absolute atomic E-state index is 0.0108. The first kappa shape index (κ1) is 21.3. The van der Waals surface area contributed by atoms with Crippen LogP contribution in [-0.4, -0.2) is 26.1 Å². The molecule has 1 fully saturated rings. The first-order valence-electron chi connectivity index (χ1n) is 11.3. The van der Waals surface area contributed by atoms with Gasteiger partial charge in [0.2, 0.25) is 0 Å². The van der Waals surface area contributed by atoms with E-state index in [2.05, 4.69) is 41.1 Å². The van der Waals surface area contributed by atoms with Crippen molar-refractivity contribution in [2.24, 2.45) is 0 Å². The Morgan fingerprint density at radius 2 is 1.97 bits per heavy atom. The second-order valence-corrected chi connectivity index (χ2v) is 8.58. The van der Waals surface area contributed by atoms with E-state index in [1.807, 2.05) is 31.3 Å². The highest BCUT2D eigenvalue weighted by molar-refractivity contribution is 5.97. The van der Waals surface area contributed by atoms with E-state index in [-0.39, 0.29) is 11.4 Å². The Morgan fingerprint density at radius 3 is 2.58 bits per heavy atom. The van der Waals surface area contributed by atoms with Crippen molar-refractivity contribution in [1.82, 2.24) is 10.6 Å². The molecule has 5 nitrogen and oxygen atoms in total. The molecule has 0 saturated heterocycles. The zero-order valence-corrected chi connectivity index (χ0v) is 18.8. The lowest BCUT2D eigenvalue weighted by atomic mass is 9.89. The van der Waals surface area contributed by atoms with Gasteiger partial charge in [-0.05, 0) is 91.8 Å². The number of hydrogen-bond acceptors (Lipinski definition) is 4. The maximum absolute atomic E-state index is 13.1. The predicted molar refractivity (Wildman–Crippen MR) is 126 cm³/mol. The number of methoxy groups -OCH3 is 1. The van der Waals surface area contributed by atoms with Crippen LogP contribution in [0.15, 0.2) is 42.6 Å². The highest BCUT2D eigenvalue weighted by atomic mass is 16.5. The third kappa shape index (κ3) is 4.55. The summed E-state index contributed by atoms with van der Waals surface area (Å²) in [6.07, 6.45) is 9.23. The minimum atomic E-state index is -0.221. The third-order valence-corrected chi connectivity index (χ3v) is 6.42. The molecular weight excluding hydrogens is 386 g/mol. The van der Waals surface area contributed by atoms with Crippen LogP contribution in [0.25, 0.3) is 0 Å². The van der Waals surface area contributed by atoms with Gasteiger partial charge in [0.15, 0.2) is 0 Å². The summed E-state index contributed by atoms with van der Waals surface area (Å²) in [5.74, 6) is 0.702. The lowest BCUT2D eigenvalue weighted by Crippen LogP contribution is -2.36. The zero-order valence-electron chi connectivity index (χ0n) is 18.8. The van der Waals surface area contributed by atoms with Crippen molar-refractivity contribution in [3.8, 4) is 5.75 Å². The Hall–Kier alpha value is -2.95. The van der Waals surface area contributed by atoms with Gasteiger partial charge in [0.25, 0.3) is 5.91 Å². The molecule has 3 aliphatic rings. The molecule has 2 aliphatic heterocycles. The van der Waals surface area contributed by atoms with Crippen LogP contribution >= 0.6 is 0 Å². The van der Waals surface area contributed by atoms with Gasteiger partial charge in [-0.25, -0.2) is 0 Å². The summed E-state index contributed by atoms with van der Waals surface area (Å²) in [4.78, 5) is 13.1. The van der Waals surface area contributed by atoms with Crippen LogP contribution in [0.5, 0.6) is 5.75 Å². The van der Waals surface area contributed by atoms with Crippen molar-refractivity contribution in [3.05, 3.63) is 70.4 Å². The molecule has 2 heterocycles. The second kappa shape index (κ2) is 9.04. The van der Waals surface area contributed by atoms with Gasteiger partial charge in [-0.2, -0.15) is 0 Å². The second-order valence-electron chi connectivity index (χ2n) is 8.58. The molecule has 3 N–H and O–H groups in total. The van der Waals surface area contributed by atoms with E-state index in [1.165, 1.54) is 22.4 Å². The smallest absolute Gasteiger partial charge is 0.252 e. The van der Waals surface area contributed by atoms with Crippen LogP contribution in [0.4, 0.5) is 5.69 Å². The number of carbonyl (C=O) groups is 1. The van der Waals surface area contributed by atoms with E-state index in [0.717, 1.165) is 50.8 Å². The van der Waals surface area contributed by atoms with Gasteiger partial charge >= 0.3 is 0 Å². The monoisotopic (exact) mass is 419 g/mol. The van der Waals surface area contributed by atoms with Crippen LogP contribution in [0.2, 0.25) is 0 Å². The SMILES string of the molecule is C1=CNC1.CCc1cc2c(c(C3(NC(=O)c4cc(OC)ccc4C)CC3)c1)CCCN2. The van der Waals surface area contributed by atoms with E-state index >= 15 is 0 Å². The largest absolute Gasteiger partial charge is 0.497 e. The number of nitrogens with one attached hydrogen (secondary N) is 3. The maximum Gasteiger partial charge on any atom is 0.252 e. The number of carbonyl (C=O) groups excluding carboxylic acids is 1. The van der Waals surface area contributed by atoms with Crippen molar-refractivity contribution < 1.29 is 9.53 Å². The molecule has 2 aromatic carbocycles. The molecule has 0 radical (unpaired) electrons. The molecule has 1 aliphatic carbocycles. The van der Waals surface area contributed by atoms with Crippen molar-refractivity contribution in [1.29, 1.82) is 0 Å². The standard InChI is InChI=1S/C23H28N2O2.C3H5N/c1-4-16-12-20(18-6-5-11-24-21(18)13-16)23(9-10-23)25-22(26)19-14-17(27-3)8-7-15(19)2;1-2-4-3-1/h7-8,12-14,24H,4-6,9-11H2,1-3H3,(H,25,26);1-2,4H,3H2. The Bertz CT molecular complexity index is 986. The third-order valence-electron chi connectivity index (χ3n) is 6.42. The Morgan fingerprint density at radius 1 is 1.23 bits per heavy atom. The predicted octanol–water partition coefficient (Wildman–Crippen LogP) is 4.45. The highest BCUT2D eigenvalue weighted by Crippen LogP contribution is 2.49. The number of amides is 1. The van der Waals surface area contributed by atoms with Crippen molar-refractivity contribution in [3.63, 3.8) is 0 Å². The maximum atomic E-state index is 13.1. The fourth-order valence-electron chi connectivity index (χ4n) is 4.24. The number of hydrogen-bond donors (Lipinski definition) is 3. The number of fused-ring (bicyclic) bond motifs is 1. The van der Waals surface area contributed by atoms with Gasteiger partial charge in [-0.15, -0.1) is 0 Å². The summed E-state index contributed by atoms with van der Waals surface area (Å²) in [5.41, 5.74) is 6.73. The lowest BCUT2D eigenvalue weighted by Gasteiger charge is -2.28. The molecule has 1 amide bonds. The van der Waals surface area contributed by atoms with E-state index in [4.69, 9.17) is 4.74 Å². The molecule has 0 spiro atoms. The fourth-order valence-corrected chi connectivity index (χ4v) is 4.24. The molecule has 0 bridgehead atoms. The van der Waals surface area contributed by atoms with Crippen LogP contribution in [-0.2, 0) is 18.4 Å². The van der Waals surface area contributed by atoms with E-state index in [9.17, 15) is 4.79 Å². The normalized spacial score (nSPS) is 17.0. The summed E-state index contributed by atoms with van der Waals surface area (Å²) >= 11 is 0. The molecule has 0 atom stereocenters. The quantitative estimate of drug-likeness (QED) is 0.670. The van der Waals surface area contributed by atoms with Crippen molar-refractivity contribution >= 4 is 11.6 Å². The molecule has 5 heteroatoms. The van der Waals surface area contributed by atoms with E-state index < -0.39 is 0 Å². The summed E-state index contributed by atoms with van der Waals surface area (Å²) in [6, 6.07) is 10.3. The van der Waals surface area contributed by atoms with Gasteiger partial charge in [-0.3, -0.25) is 4.79 Å². The number of benzene rings is 2. The number of aryl methyl sites for hydroxylation is 2. The molecule has 164 valence electrons. The average Bonchev–Trinajstić information content (AvgIpc) is 3.52. The summed E-state index contributed by atoms with van der Waals surface area (Å²) in [5, 5.41) is 9.86.